The van der Waals surface area contributed by atoms with Crippen LogP contribution < -0.4 is 0 Å². The van der Waals surface area contributed by atoms with Gasteiger partial charge in [0.25, 0.3) is 0 Å². The number of aryl methyl sites for hydroxylation is 2. The molecule has 1 aliphatic carbocycles. The molecule has 2 aromatic rings. The highest BCUT2D eigenvalue weighted by molar-refractivity contribution is 6.05. The molecule has 0 saturated carbocycles. The van der Waals surface area contributed by atoms with E-state index >= 15 is 0 Å². The zero-order valence-corrected chi connectivity index (χ0v) is 12.1. The first kappa shape index (κ1) is 13.1. The van der Waals surface area contributed by atoms with E-state index in [1.807, 2.05) is 18.2 Å². The Morgan fingerprint density at radius 2 is 1.65 bits per heavy atom. The number of hydrogen-bond donors (Lipinski definition) is 0. The third-order valence-electron chi connectivity index (χ3n) is 4.32. The molecule has 2 aromatic carbocycles. The minimum atomic E-state index is 0.0178. The first-order valence-corrected chi connectivity index (χ1v) is 7.47. The number of hydrogen-bond acceptors (Lipinski definition) is 1. The summed E-state index contributed by atoms with van der Waals surface area (Å²) in [6.07, 6.45) is 2.90. The Morgan fingerprint density at radius 3 is 2.25 bits per heavy atom. The van der Waals surface area contributed by atoms with Crippen LogP contribution in [0.3, 0.4) is 0 Å². The topological polar surface area (TPSA) is 17.1 Å². The summed E-state index contributed by atoms with van der Waals surface area (Å²) in [6, 6.07) is 14.7. The van der Waals surface area contributed by atoms with Crippen molar-refractivity contribution in [3.8, 4) is 0 Å². The van der Waals surface area contributed by atoms with Gasteiger partial charge >= 0.3 is 0 Å². The fraction of sp³-hybridized carbons (Fsp3) is 0.316. The molecule has 0 N–H and O–H groups in total. The number of carbonyl (C=O) groups is 1. The molecule has 1 aliphatic rings. The Morgan fingerprint density at radius 1 is 1.00 bits per heavy atom. The number of Topliss-reactive ketones (excluding diaryl/α,β-unsaturated/α-hetero) is 1. The number of ketones is 1. The van der Waals surface area contributed by atoms with Crippen molar-refractivity contribution in [2.24, 2.45) is 0 Å². The summed E-state index contributed by atoms with van der Waals surface area (Å²) in [5, 5.41) is 0. The highest BCUT2D eigenvalue weighted by Crippen LogP contribution is 2.34. The van der Waals surface area contributed by atoms with Gasteiger partial charge in [0, 0.05) is 5.56 Å². The maximum atomic E-state index is 12.6. The smallest absolute Gasteiger partial charge is 0.170 e. The van der Waals surface area contributed by atoms with Crippen molar-refractivity contribution >= 4 is 5.78 Å². The fourth-order valence-corrected chi connectivity index (χ4v) is 3.11. The van der Waals surface area contributed by atoms with E-state index in [1.165, 1.54) is 22.3 Å². The molecule has 0 heterocycles. The summed E-state index contributed by atoms with van der Waals surface area (Å²) in [5.41, 5.74) is 5.98. The summed E-state index contributed by atoms with van der Waals surface area (Å²) in [4.78, 5) is 12.6. The minimum Gasteiger partial charge on any atom is -0.293 e. The molecular formula is C19H20O. The lowest BCUT2D eigenvalue weighted by atomic mass is 9.91. The predicted octanol–water partition coefficient (Wildman–Crippen LogP) is 4.33. The van der Waals surface area contributed by atoms with Crippen LogP contribution in [-0.4, -0.2) is 5.78 Å². The largest absolute Gasteiger partial charge is 0.293 e. The fourth-order valence-electron chi connectivity index (χ4n) is 3.11. The molecular weight excluding hydrogens is 244 g/mol. The van der Waals surface area contributed by atoms with E-state index in [9.17, 15) is 4.79 Å². The van der Waals surface area contributed by atoms with Crippen molar-refractivity contribution in [2.45, 2.75) is 39.0 Å². The third-order valence-corrected chi connectivity index (χ3v) is 4.32. The molecule has 0 saturated heterocycles. The van der Waals surface area contributed by atoms with E-state index in [2.05, 4.69) is 38.1 Å². The van der Waals surface area contributed by atoms with Crippen molar-refractivity contribution < 1.29 is 4.79 Å². The van der Waals surface area contributed by atoms with Gasteiger partial charge in [-0.1, -0.05) is 56.3 Å². The van der Waals surface area contributed by atoms with Crippen molar-refractivity contribution in [3.63, 3.8) is 0 Å². The third kappa shape index (κ3) is 2.18. The van der Waals surface area contributed by atoms with Crippen molar-refractivity contribution in [1.29, 1.82) is 0 Å². The van der Waals surface area contributed by atoms with Crippen LogP contribution in [0.5, 0.6) is 0 Å². The Kier molecular flexibility index (Phi) is 3.43. The standard InChI is InChI=1S/C19H20O/c1-3-13-9-14(4-2)11-16(10-13)18-12-15-7-5-6-8-17(15)19(18)20/h5-11,18H,3-4,12H2,1-2H3. The molecule has 0 spiro atoms. The number of carbonyl (C=O) groups excluding carboxylic acids is 1. The molecule has 1 atom stereocenters. The van der Waals surface area contributed by atoms with E-state index in [0.29, 0.717) is 0 Å². The molecule has 1 nitrogen and oxygen atoms in total. The molecule has 20 heavy (non-hydrogen) atoms. The van der Waals surface area contributed by atoms with E-state index in [-0.39, 0.29) is 11.7 Å². The molecule has 1 unspecified atom stereocenters. The van der Waals surface area contributed by atoms with E-state index in [0.717, 1.165) is 24.8 Å². The van der Waals surface area contributed by atoms with Gasteiger partial charge in [-0.15, -0.1) is 0 Å². The molecule has 3 rings (SSSR count). The first-order valence-electron chi connectivity index (χ1n) is 7.47. The van der Waals surface area contributed by atoms with Crippen LogP contribution in [0, 0.1) is 0 Å². The second-order valence-electron chi connectivity index (χ2n) is 5.57. The quantitative estimate of drug-likeness (QED) is 0.806. The number of fused-ring (bicyclic) bond motifs is 1. The second-order valence-corrected chi connectivity index (χ2v) is 5.57. The monoisotopic (exact) mass is 264 g/mol. The summed E-state index contributed by atoms with van der Waals surface area (Å²) >= 11 is 0. The van der Waals surface area contributed by atoms with Crippen LogP contribution >= 0.6 is 0 Å². The van der Waals surface area contributed by atoms with Gasteiger partial charge in [-0.25, -0.2) is 0 Å². The predicted molar refractivity (Wildman–Crippen MR) is 82.4 cm³/mol. The van der Waals surface area contributed by atoms with E-state index in [4.69, 9.17) is 0 Å². The highest BCUT2D eigenvalue weighted by atomic mass is 16.1. The maximum absolute atomic E-state index is 12.6. The summed E-state index contributed by atoms with van der Waals surface area (Å²) in [5.74, 6) is 0.306. The molecule has 0 radical (unpaired) electrons. The Balaban J connectivity index is 2.01. The second kappa shape index (κ2) is 5.24. The average Bonchev–Trinajstić information content (AvgIpc) is 2.84. The van der Waals surface area contributed by atoms with Gasteiger partial charge in [-0.05, 0) is 41.5 Å². The lowest BCUT2D eigenvalue weighted by molar-refractivity contribution is 0.0973. The number of benzene rings is 2. The molecule has 0 amide bonds. The van der Waals surface area contributed by atoms with E-state index < -0.39 is 0 Å². The van der Waals surface area contributed by atoms with Gasteiger partial charge in [0.1, 0.15) is 0 Å². The van der Waals surface area contributed by atoms with Gasteiger partial charge in [0.05, 0.1) is 5.92 Å². The van der Waals surface area contributed by atoms with Crippen LogP contribution in [0.25, 0.3) is 0 Å². The van der Waals surface area contributed by atoms with Gasteiger partial charge in [0.2, 0.25) is 0 Å². The van der Waals surface area contributed by atoms with Crippen molar-refractivity contribution in [3.05, 3.63) is 70.3 Å². The van der Waals surface area contributed by atoms with Crippen LogP contribution in [0.2, 0.25) is 0 Å². The Bertz CT molecular complexity index is 632. The van der Waals surface area contributed by atoms with Gasteiger partial charge in [0.15, 0.2) is 5.78 Å². The van der Waals surface area contributed by atoms with Gasteiger partial charge < -0.3 is 0 Å². The SMILES string of the molecule is CCc1cc(CC)cc(C2Cc3ccccc3C2=O)c1. The molecule has 102 valence electrons. The number of rotatable bonds is 3. The van der Waals surface area contributed by atoms with Crippen LogP contribution in [0.15, 0.2) is 42.5 Å². The zero-order chi connectivity index (χ0) is 14.1. The highest BCUT2D eigenvalue weighted by Gasteiger charge is 2.31. The zero-order valence-electron chi connectivity index (χ0n) is 12.1. The van der Waals surface area contributed by atoms with Crippen LogP contribution in [0.1, 0.15) is 52.4 Å². The molecule has 0 fully saturated rings. The minimum absolute atomic E-state index is 0.0178. The maximum Gasteiger partial charge on any atom is 0.170 e. The Labute approximate surface area is 120 Å². The van der Waals surface area contributed by atoms with Crippen molar-refractivity contribution in [2.75, 3.05) is 0 Å². The van der Waals surface area contributed by atoms with Crippen molar-refractivity contribution in [1.82, 2.24) is 0 Å². The normalized spacial score (nSPS) is 17.3. The average molecular weight is 264 g/mol. The van der Waals surface area contributed by atoms with Crippen LogP contribution in [-0.2, 0) is 19.3 Å². The lowest BCUT2D eigenvalue weighted by Crippen LogP contribution is -2.08. The lowest BCUT2D eigenvalue weighted by Gasteiger charge is -2.12. The molecule has 0 bridgehead atoms. The summed E-state index contributed by atoms with van der Waals surface area (Å²) in [7, 11) is 0. The summed E-state index contributed by atoms with van der Waals surface area (Å²) < 4.78 is 0. The van der Waals surface area contributed by atoms with Crippen LogP contribution in [0.4, 0.5) is 0 Å². The molecule has 0 aromatic heterocycles. The Hall–Kier alpha value is -1.89. The first-order chi connectivity index (χ1) is 9.72. The molecule has 1 heteroatoms. The summed E-state index contributed by atoms with van der Waals surface area (Å²) in [6.45, 7) is 4.34. The molecule has 0 aliphatic heterocycles. The van der Waals surface area contributed by atoms with Gasteiger partial charge in [-0.2, -0.15) is 0 Å². The van der Waals surface area contributed by atoms with Gasteiger partial charge in [-0.3, -0.25) is 4.79 Å². The van der Waals surface area contributed by atoms with E-state index in [1.54, 1.807) is 0 Å².